The molecule has 1 N–H and O–H groups in total. The second kappa shape index (κ2) is 7.33. The molecule has 1 heterocycles. The number of aliphatic hydroxyl groups excluding tert-OH is 1. The van der Waals surface area contributed by atoms with E-state index in [0.717, 1.165) is 16.6 Å². The predicted molar refractivity (Wildman–Crippen MR) is 77.3 cm³/mol. The van der Waals surface area contributed by atoms with Crippen molar-refractivity contribution in [1.29, 1.82) is 0 Å². The van der Waals surface area contributed by atoms with E-state index in [9.17, 15) is 0 Å². The number of nitrogens with zero attached hydrogens (tertiary/aromatic N) is 2. The molecule has 0 unspecified atom stereocenters. The Kier molecular flexibility index (Phi) is 5.44. The number of imidazole rings is 1. The predicted octanol–water partition coefficient (Wildman–Crippen LogP) is 2.19. The Labute approximate surface area is 117 Å². The smallest absolute Gasteiger partial charge is 0.168 e. The quantitative estimate of drug-likeness (QED) is 0.623. The SMILES string of the molecule is Cn1c(-c2ccccc2)cnc1SCCOCCO. The van der Waals surface area contributed by atoms with Crippen LogP contribution in [0.15, 0.2) is 41.7 Å². The summed E-state index contributed by atoms with van der Waals surface area (Å²) in [7, 11) is 2.02. The minimum atomic E-state index is 0.0746. The second-order valence-corrected chi connectivity index (χ2v) is 5.10. The van der Waals surface area contributed by atoms with Gasteiger partial charge in [-0.15, -0.1) is 0 Å². The van der Waals surface area contributed by atoms with Crippen LogP contribution in [0.4, 0.5) is 0 Å². The van der Waals surface area contributed by atoms with Crippen LogP contribution in [0.3, 0.4) is 0 Å². The topological polar surface area (TPSA) is 47.3 Å². The van der Waals surface area contributed by atoms with Crippen molar-refractivity contribution in [3.63, 3.8) is 0 Å². The molecule has 0 spiro atoms. The zero-order valence-electron chi connectivity index (χ0n) is 11.0. The lowest BCUT2D eigenvalue weighted by molar-refractivity contribution is 0.103. The summed E-state index contributed by atoms with van der Waals surface area (Å²) in [6.45, 7) is 1.10. The van der Waals surface area contributed by atoms with Gasteiger partial charge in [0, 0.05) is 12.8 Å². The summed E-state index contributed by atoms with van der Waals surface area (Å²) in [5.41, 5.74) is 2.28. The first-order valence-electron chi connectivity index (χ1n) is 6.21. The molecule has 0 bridgehead atoms. The molecule has 0 aliphatic heterocycles. The molecule has 19 heavy (non-hydrogen) atoms. The van der Waals surface area contributed by atoms with Crippen LogP contribution in [0.1, 0.15) is 0 Å². The van der Waals surface area contributed by atoms with Gasteiger partial charge in [0.25, 0.3) is 0 Å². The van der Waals surface area contributed by atoms with Crippen LogP contribution in [0.5, 0.6) is 0 Å². The molecule has 2 rings (SSSR count). The van der Waals surface area contributed by atoms with Crippen LogP contribution in [0.25, 0.3) is 11.3 Å². The summed E-state index contributed by atoms with van der Waals surface area (Å²) in [6, 6.07) is 10.2. The van der Waals surface area contributed by atoms with E-state index in [1.807, 2.05) is 31.4 Å². The number of aliphatic hydroxyl groups is 1. The van der Waals surface area contributed by atoms with Crippen molar-refractivity contribution >= 4 is 11.8 Å². The van der Waals surface area contributed by atoms with E-state index >= 15 is 0 Å². The summed E-state index contributed by atoms with van der Waals surface area (Å²) in [4.78, 5) is 4.43. The van der Waals surface area contributed by atoms with Crippen LogP contribution in [-0.4, -0.2) is 40.2 Å². The van der Waals surface area contributed by atoms with Gasteiger partial charge in [-0.1, -0.05) is 42.1 Å². The van der Waals surface area contributed by atoms with Crippen molar-refractivity contribution in [2.45, 2.75) is 5.16 Å². The Morgan fingerprint density at radius 3 is 2.79 bits per heavy atom. The van der Waals surface area contributed by atoms with E-state index in [1.54, 1.807) is 11.8 Å². The van der Waals surface area contributed by atoms with E-state index in [2.05, 4.69) is 21.7 Å². The standard InChI is InChI=1S/C14H18N2O2S/c1-16-13(12-5-3-2-4-6-12)11-15-14(16)19-10-9-18-8-7-17/h2-6,11,17H,7-10H2,1H3. The molecule has 0 aliphatic rings. The zero-order valence-corrected chi connectivity index (χ0v) is 11.8. The third-order valence-electron chi connectivity index (χ3n) is 2.71. The van der Waals surface area contributed by atoms with Gasteiger partial charge >= 0.3 is 0 Å². The molecule has 1 aromatic heterocycles. The summed E-state index contributed by atoms with van der Waals surface area (Å²) < 4.78 is 7.32. The molecule has 0 fully saturated rings. The fraction of sp³-hybridized carbons (Fsp3) is 0.357. The fourth-order valence-electron chi connectivity index (χ4n) is 1.76. The minimum Gasteiger partial charge on any atom is -0.394 e. The highest BCUT2D eigenvalue weighted by molar-refractivity contribution is 7.99. The molecule has 5 heteroatoms. The highest BCUT2D eigenvalue weighted by atomic mass is 32.2. The lowest BCUT2D eigenvalue weighted by atomic mass is 10.2. The first-order valence-corrected chi connectivity index (χ1v) is 7.20. The number of rotatable bonds is 7. The highest BCUT2D eigenvalue weighted by Gasteiger charge is 2.08. The van der Waals surface area contributed by atoms with Crippen molar-refractivity contribution in [3.05, 3.63) is 36.5 Å². The van der Waals surface area contributed by atoms with Gasteiger partial charge in [-0.2, -0.15) is 0 Å². The maximum Gasteiger partial charge on any atom is 0.168 e. The molecule has 102 valence electrons. The van der Waals surface area contributed by atoms with E-state index in [1.165, 1.54) is 5.56 Å². The maximum atomic E-state index is 8.61. The third kappa shape index (κ3) is 3.83. The minimum absolute atomic E-state index is 0.0746. The number of hydrogen-bond acceptors (Lipinski definition) is 4. The van der Waals surface area contributed by atoms with Crippen LogP contribution in [-0.2, 0) is 11.8 Å². The van der Waals surface area contributed by atoms with E-state index in [4.69, 9.17) is 9.84 Å². The van der Waals surface area contributed by atoms with Crippen molar-refractivity contribution in [3.8, 4) is 11.3 Å². The first kappa shape index (κ1) is 14.1. The molecule has 0 atom stereocenters. The molecule has 0 saturated carbocycles. The maximum absolute atomic E-state index is 8.61. The molecule has 2 aromatic rings. The average Bonchev–Trinajstić information content (AvgIpc) is 2.81. The number of hydrogen-bond donors (Lipinski definition) is 1. The molecule has 4 nitrogen and oxygen atoms in total. The number of benzene rings is 1. The summed E-state index contributed by atoms with van der Waals surface area (Å²) >= 11 is 1.66. The molecular weight excluding hydrogens is 260 g/mol. The van der Waals surface area contributed by atoms with Gasteiger partial charge in [-0.25, -0.2) is 4.98 Å². The van der Waals surface area contributed by atoms with Gasteiger partial charge in [0.2, 0.25) is 0 Å². The number of ether oxygens (including phenoxy) is 1. The lowest BCUT2D eigenvalue weighted by Crippen LogP contribution is -2.03. The highest BCUT2D eigenvalue weighted by Crippen LogP contribution is 2.24. The van der Waals surface area contributed by atoms with Crippen molar-refractivity contribution in [2.75, 3.05) is 25.6 Å². The van der Waals surface area contributed by atoms with Gasteiger partial charge < -0.3 is 14.4 Å². The molecule has 0 aliphatic carbocycles. The Morgan fingerprint density at radius 2 is 2.05 bits per heavy atom. The first-order chi connectivity index (χ1) is 9.33. The Hall–Kier alpha value is -1.30. The largest absolute Gasteiger partial charge is 0.394 e. The molecule has 1 aromatic carbocycles. The Balaban J connectivity index is 1.95. The average molecular weight is 278 g/mol. The molecular formula is C14H18N2O2S. The van der Waals surface area contributed by atoms with Crippen molar-refractivity contribution < 1.29 is 9.84 Å². The van der Waals surface area contributed by atoms with Crippen molar-refractivity contribution in [1.82, 2.24) is 9.55 Å². The normalized spacial score (nSPS) is 10.8. The zero-order chi connectivity index (χ0) is 13.5. The monoisotopic (exact) mass is 278 g/mol. The number of thioether (sulfide) groups is 1. The molecule has 0 saturated heterocycles. The van der Waals surface area contributed by atoms with Crippen molar-refractivity contribution in [2.24, 2.45) is 7.05 Å². The molecule has 0 radical (unpaired) electrons. The van der Waals surface area contributed by atoms with Gasteiger partial charge in [-0.05, 0) is 5.56 Å². The summed E-state index contributed by atoms with van der Waals surface area (Å²) in [5.74, 6) is 0.832. The van der Waals surface area contributed by atoms with Gasteiger partial charge in [0.1, 0.15) is 0 Å². The third-order valence-corrected chi connectivity index (χ3v) is 3.72. The van der Waals surface area contributed by atoms with Gasteiger partial charge in [-0.3, -0.25) is 0 Å². The summed E-state index contributed by atoms with van der Waals surface area (Å²) in [6.07, 6.45) is 1.90. The lowest BCUT2D eigenvalue weighted by Gasteiger charge is -2.06. The van der Waals surface area contributed by atoms with Crippen LogP contribution in [0, 0.1) is 0 Å². The van der Waals surface area contributed by atoms with E-state index in [-0.39, 0.29) is 6.61 Å². The summed E-state index contributed by atoms with van der Waals surface area (Å²) in [5, 5.41) is 9.59. The van der Waals surface area contributed by atoms with Gasteiger partial charge in [0.05, 0.1) is 31.7 Å². The van der Waals surface area contributed by atoms with E-state index in [0.29, 0.717) is 13.2 Å². The molecule has 0 amide bonds. The Morgan fingerprint density at radius 1 is 1.26 bits per heavy atom. The van der Waals surface area contributed by atoms with Crippen LogP contribution in [0.2, 0.25) is 0 Å². The Bertz CT molecular complexity index is 499. The van der Waals surface area contributed by atoms with E-state index < -0.39 is 0 Å². The fourth-order valence-corrected chi connectivity index (χ4v) is 2.57. The van der Waals surface area contributed by atoms with Crippen LogP contribution < -0.4 is 0 Å². The van der Waals surface area contributed by atoms with Crippen LogP contribution >= 0.6 is 11.8 Å². The second-order valence-electron chi connectivity index (χ2n) is 4.04. The van der Waals surface area contributed by atoms with Gasteiger partial charge in [0.15, 0.2) is 5.16 Å². The number of aromatic nitrogens is 2.